The van der Waals surface area contributed by atoms with Gasteiger partial charge < -0.3 is 10.2 Å². The van der Waals surface area contributed by atoms with Crippen LogP contribution in [0.4, 0.5) is 0 Å². The largest absolute Gasteiger partial charge is 0.313 e. The summed E-state index contributed by atoms with van der Waals surface area (Å²) in [6.45, 7) is 7.32. The third-order valence-corrected chi connectivity index (χ3v) is 3.73. The molecule has 0 aliphatic carbocycles. The van der Waals surface area contributed by atoms with Gasteiger partial charge in [0.15, 0.2) is 0 Å². The average Bonchev–Trinajstić information content (AvgIpc) is 2.69. The Morgan fingerprint density at radius 1 is 1.40 bits per heavy atom. The first-order valence-corrected chi connectivity index (χ1v) is 7.71. The molecular weight excluding hydrogens is 204 g/mol. The molecule has 1 N–H and O–H groups in total. The lowest BCUT2D eigenvalue weighted by molar-refractivity contribution is 0.322. The van der Waals surface area contributed by atoms with E-state index in [9.17, 15) is 0 Å². The molecule has 0 aromatic carbocycles. The van der Waals surface area contributed by atoms with E-state index in [1.165, 1.54) is 57.6 Å². The van der Waals surface area contributed by atoms with E-state index in [1.54, 1.807) is 0 Å². The summed E-state index contributed by atoms with van der Waals surface area (Å²) < 4.78 is 0. The number of likely N-dealkylation sites (tertiary alicyclic amines) is 1. The lowest BCUT2D eigenvalue weighted by atomic mass is 10.2. The lowest BCUT2D eigenvalue weighted by Crippen LogP contribution is -2.33. The summed E-state index contributed by atoms with van der Waals surface area (Å²) >= 11 is 1.96. The van der Waals surface area contributed by atoms with Crippen molar-refractivity contribution in [2.45, 2.75) is 38.6 Å². The van der Waals surface area contributed by atoms with Gasteiger partial charge in [-0.05, 0) is 57.3 Å². The van der Waals surface area contributed by atoms with E-state index in [0.717, 1.165) is 6.04 Å². The van der Waals surface area contributed by atoms with Gasteiger partial charge in [0, 0.05) is 12.6 Å². The first-order chi connectivity index (χ1) is 7.36. The molecule has 0 amide bonds. The minimum atomic E-state index is 0.769. The smallest absolute Gasteiger partial charge is 0.0207 e. The van der Waals surface area contributed by atoms with E-state index in [1.807, 2.05) is 11.8 Å². The Kier molecular flexibility index (Phi) is 7.49. The summed E-state index contributed by atoms with van der Waals surface area (Å²) in [5, 5.41) is 3.62. The van der Waals surface area contributed by atoms with Crippen LogP contribution in [0.5, 0.6) is 0 Å². The van der Waals surface area contributed by atoms with E-state index < -0.39 is 0 Å². The van der Waals surface area contributed by atoms with E-state index in [2.05, 4.69) is 23.4 Å². The molecule has 3 heteroatoms. The zero-order valence-corrected chi connectivity index (χ0v) is 11.1. The Balaban J connectivity index is 1.98. The Morgan fingerprint density at radius 2 is 2.27 bits per heavy atom. The Morgan fingerprint density at radius 3 is 3.00 bits per heavy atom. The van der Waals surface area contributed by atoms with Crippen molar-refractivity contribution >= 4 is 11.8 Å². The second-order valence-corrected chi connectivity index (χ2v) is 5.43. The molecule has 90 valence electrons. The second-order valence-electron chi connectivity index (χ2n) is 4.44. The maximum atomic E-state index is 3.62. The Labute approximate surface area is 99.2 Å². The molecule has 0 radical (unpaired) electrons. The number of rotatable bonds is 8. The van der Waals surface area contributed by atoms with Crippen LogP contribution in [-0.4, -0.2) is 49.1 Å². The van der Waals surface area contributed by atoms with Gasteiger partial charge >= 0.3 is 0 Å². The third kappa shape index (κ3) is 5.79. The molecule has 1 atom stereocenters. The summed E-state index contributed by atoms with van der Waals surface area (Å²) in [6, 6.07) is 0.769. The molecule has 0 spiro atoms. The van der Waals surface area contributed by atoms with Crippen molar-refractivity contribution in [1.29, 1.82) is 0 Å². The number of nitrogens with zero attached hydrogens (tertiary/aromatic N) is 1. The van der Waals surface area contributed by atoms with Crippen LogP contribution in [0.15, 0.2) is 0 Å². The third-order valence-electron chi connectivity index (χ3n) is 3.03. The van der Waals surface area contributed by atoms with Crippen LogP contribution < -0.4 is 5.32 Å². The van der Waals surface area contributed by atoms with Crippen molar-refractivity contribution < 1.29 is 0 Å². The van der Waals surface area contributed by atoms with Crippen molar-refractivity contribution in [2.24, 2.45) is 0 Å². The second kappa shape index (κ2) is 8.43. The molecule has 0 aromatic rings. The number of unbranched alkanes of at least 4 members (excludes halogenated alkanes) is 1. The molecule has 0 saturated carbocycles. The minimum Gasteiger partial charge on any atom is -0.313 e. The van der Waals surface area contributed by atoms with Crippen molar-refractivity contribution in [1.82, 2.24) is 10.2 Å². The molecule has 1 fully saturated rings. The van der Waals surface area contributed by atoms with Crippen LogP contribution >= 0.6 is 11.8 Å². The quantitative estimate of drug-likeness (QED) is 0.644. The van der Waals surface area contributed by atoms with E-state index >= 15 is 0 Å². The number of nitrogens with one attached hydrogen (secondary N) is 1. The molecule has 0 aromatic heterocycles. The molecule has 1 rings (SSSR count). The van der Waals surface area contributed by atoms with Gasteiger partial charge in [-0.25, -0.2) is 0 Å². The van der Waals surface area contributed by atoms with Gasteiger partial charge in [0.1, 0.15) is 0 Å². The maximum absolute atomic E-state index is 3.62. The Hall–Kier alpha value is 0.270. The molecule has 2 nitrogen and oxygen atoms in total. The van der Waals surface area contributed by atoms with Crippen molar-refractivity contribution in [2.75, 3.05) is 38.2 Å². The van der Waals surface area contributed by atoms with Gasteiger partial charge in [-0.15, -0.1) is 0 Å². The highest BCUT2D eigenvalue weighted by Crippen LogP contribution is 2.10. The number of thioether (sulfide) groups is 1. The fourth-order valence-electron chi connectivity index (χ4n) is 2.13. The van der Waals surface area contributed by atoms with E-state index in [0.29, 0.717) is 0 Å². The molecule has 0 bridgehead atoms. The predicted octanol–water partition coefficient (Wildman–Crippen LogP) is 2.20. The Bertz CT molecular complexity index is 153. The molecule has 15 heavy (non-hydrogen) atoms. The van der Waals surface area contributed by atoms with Gasteiger partial charge in [-0.1, -0.05) is 6.92 Å². The van der Waals surface area contributed by atoms with Gasteiger partial charge in [0.25, 0.3) is 0 Å². The zero-order chi connectivity index (χ0) is 10.9. The summed E-state index contributed by atoms with van der Waals surface area (Å²) in [4.78, 5) is 2.62. The summed E-state index contributed by atoms with van der Waals surface area (Å²) in [6.07, 6.45) is 7.55. The number of hydrogen-bond acceptors (Lipinski definition) is 3. The summed E-state index contributed by atoms with van der Waals surface area (Å²) in [7, 11) is 0. The maximum Gasteiger partial charge on any atom is 0.0207 e. The monoisotopic (exact) mass is 230 g/mol. The molecule has 1 aliphatic rings. The normalized spacial score (nSPS) is 22.4. The van der Waals surface area contributed by atoms with Gasteiger partial charge in [-0.3, -0.25) is 0 Å². The highest BCUT2D eigenvalue weighted by Gasteiger charge is 2.20. The predicted molar refractivity (Wildman–Crippen MR) is 70.8 cm³/mol. The van der Waals surface area contributed by atoms with Crippen LogP contribution in [0, 0.1) is 0 Å². The highest BCUT2D eigenvalue weighted by atomic mass is 32.2. The van der Waals surface area contributed by atoms with E-state index in [4.69, 9.17) is 0 Å². The van der Waals surface area contributed by atoms with Gasteiger partial charge in [-0.2, -0.15) is 11.8 Å². The fourth-order valence-corrected chi connectivity index (χ4v) is 2.63. The van der Waals surface area contributed by atoms with Crippen LogP contribution in [0.2, 0.25) is 0 Å². The van der Waals surface area contributed by atoms with Gasteiger partial charge in [0.05, 0.1) is 0 Å². The molecule has 1 aliphatic heterocycles. The van der Waals surface area contributed by atoms with Crippen LogP contribution in [-0.2, 0) is 0 Å². The first-order valence-electron chi connectivity index (χ1n) is 6.31. The van der Waals surface area contributed by atoms with Crippen molar-refractivity contribution in [3.05, 3.63) is 0 Å². The van der Waals surface area contributed by atoms with E-state index in [-0.39, 0.29) is 0 Å². The highest BCUT2D eigenvalue weighted by molar-refractivity contribution is 7.98. The van der Waals surface area contributed by atoms with Crippen molar-refractivity contribution in [3.63, 3.8) is 0 Å². The fraction of sp³-hybridized carbons (Fsp3) is 1.00. The zero-order valence-electron chi connectivity index (χ0n) is 10.3. The standard InChI is InChI=1S/C12H26N2S/c1-3-7-13-12-6-9-14(11-12)8-4-5-10-15-2/h12-13H,3-11H2,1-2H3. The number of hydrogen-bond donors (Lipinski definition) is 1. The first kappa shape index (κ1) is 13.3. The van der Waals surface area contributed by atoms with Crippen LogP contribution in [0.25, 0.3) is 0 Å². The molecule has 1 unspecified atom stereocenters. The molecular formula is C12H26N2S. The van der Waals surface area contributed by atoms with Crippen LogP contribution in [0.3, 0.4) is 0 Å². The summed E-state index contributed by atoms with van der Waals surface area (Å²) in [5.41, 5.74) is 0. The lowest BCUT2D eigenvalue weighted by Gasteiger charge is -2.16. The topological polar surface area (TPSA) is 15.3 Å². The SMILES string of the molecule is CCCNC1CCN(CCCCSC)C1. The average molecular weight is 230 g/mol. The van der Waals surface area contributed by atoms with Gasteiger partial charge in [0.2, 0.25) is 0 Å². The molecule has 1 heterocycles. The van der Waals surface area contributed by atoms with Crippen LogP contribution in [0.1, 0.15) is 32.6 Å². The minimum absolute atomic E-state index is 0.769. The van der Waals surface area contributed by atoms with Crippen molar-refractivity contribution in [3.8, 4) is 0 Å². The summed E-state index contributed by atoms with van der Waals surface area (Å²) in [5.74, 6) is 1.32. The molecule has 1 saturated heterocycles.